The van der Waals surface area contributed by atoms with Gasteiger partial charge in [-0.05, 0) is 89.1 Å². The first-order valence-electron chi connectivity index (χ1n) is 14.2. The van der Waals surface area contributed by atoms with E-state index in [1.165, 1.54) is 0 Å². The van der Waals surface area contributed by atoms with E-state index < -0.39 is 23.4 Å². The number of aromatic nitrogens is 2. The average Bonchev–Trinajstić information content (AvgIpc) is 2.95. The number of nitrogens with one attached hydrogen (secondary N) is 2. The van der Waals surface area contributed by atoms with Gasteiger partial charge in [-0.15, -0.1) is 0 Å². The van der Waals surface area contributed by atoms with Gasteiger partial charge in [-0.25, -0.2) is 9.59 Å². The van der Waals surface area contributed by atoms with Crippen molar-refractivity contribution in [2.75, 3.05) is 0 Å². The van der Waals surface area contributed by atoms with Crippen LogP contribution >= 0.6 is 0 Å². The first-order valence-corrected chi connectivity index (χ1v) is 14.2. The fraction of sp³-hybridized carbons (Fsp3) is 0.294. The van der Waals surface area contributed by atoms with Crippen molar-refractivity contribution >= 4 is 12.2 Å². The van der Waals surface area contributed by atoms with Crippen molar-refractivity contribution in [2.24, 2.45) is 0 Å². The minimum atomic E-state index is -0.550. The quantitative estimate of drug-likeness (QED) is 0.200. The van der Waals surface area contributed by atoms with E-state index in [1.807, 2.05) is 90.1 Å². The Morgan fingerprint density at radius 3 is 1.27 bits per heavy atom. The maximum atomic E-state index is 11.9. The van der Waals surface area contributed by atoms with Crippen LogP contribution in [0.5, 0.6) is 23.0 Å². The number of carbonyl (C=O) groups is 2. The first kappa shape index (κ1) is 31.8. The number of ether oxygens (including phenoxy) is 4. The third-order valence-electron chi connectivity index (χ3n) is 5.71. The normalized spacial score (nSPS) is 11.3. The van der Waals surface area contributed by atoms with Gasteiger partial charge in [0.15, 0.2) is 0 Å². The second kappa shape index (κ2) is 13.9. The van der Waals surface area contributed by atoms with E-state index in [0.29, 0.717) is 47.5 Å². The molecule has 0 unspecified atom stereocenters. The number of benzene rings is 2. The van der Waals surface area contributed by atoms with E-state index in [1.54, 1.807) is 36.7 Å². The molecule has 4 aromatic rings. The monoisotopic (exact) mass is 598 g/mol. The number of pyridine rings is 2. The zero-order valence-electron chi connectivity index (χ0n) is 25.8. The zero-order chi connectivity index (χ0) is 31.7. The average molecular weight is 599 g/mol. The largest absolute Gasteiger partial charge is 0.457 e. The van der Waals surface area contributed by atoms with Gasteiger partial charge in [-0.3, -0.25) is 9.97 Å². The predicted octanol–water partition coefficient (Wildman–Crippen LogP) is 7.78. The summed E-state index contributed by atoms with van der Waals surface area (Å²) >= 11 is 0. The van der Waals surface area contributed by atoms with E-state index >= 15 is 0 Å². The van der Waals surface area contributed by atoms with Crippen LogP contribution in [0, 0.1) is 0 Å². The SMILES string of the molecule is CC(C)(C)OC(=O)NCc1ccc(Oc2ccnc(-c3cc(Oc4ccc(CNC(=O)OC(C)(C)C)cc4)ccn3)c2)cc1. The minimum Gasteiger partial charge on any atom is -0.457 e. The summed E-state index contributed by atoms with van der Waals surface area (Å²) in [5, 5.41) is 5.48. The van der Waals surface area contributed by atoms with Gasteiger partial charge in [0.05, 0.1) is 11.4 Å². The molecule has 4 rings (SSSR count). The highest BCUT2D eigenvalue weighted by Gasteiger charge is 2.16. The number of rotatable bonds is 9. The molecule has 0 saturated heterocycles. The van der Waals surface area contributed by atoms with E-state index in [4.69, 9.17) is 18.9 Å². The van der Waals surface area contributed by atoms with Crippen LogP contribution in [-0.4, -0.2) is 33.4 Å². The minimum absolute atomic E-state index is 0.341. The molecule has 0 bridgehead atoms. The fourth-order valence-electron chi connectivity index (χ4n) is 3.83. The van der Waals surface area contributed by atoms with Crippen LogP contribution in [0.1, 0.15) is 52.7 Å². The Morgan fingerprint density at radius 2 is 0.932 bits per heavy atom. The van der Waals surface area contributed by atoms with Gasteiger partial charge in [0.1, 0.15) is 34.2 Å². The number of hydrogen-bond acceptors (Lipinski definition) is 8. The molecule has 2 heterocycles. The van der Waals surface area contributed by atoms with Crippen LogP contribution in [0.25, 0.3) is 11.4 Å². The summed E-state index contributed by atoms with van der Waals surface area (Å²) in [6.07, 6.45) is 2.38. The van der Waals surface area contributed by atoms with Crippen LogP contribution in [0.4, 0.5) is 9.59 Å². The molecule has 44 heavy (non-hydrogen) atoms. The topological polar surface area (TPSA) is 121 Å². The molecule has 0 spiro atoms. The molecule has 0 fully saturated rings. The molecule has 0 radical (unpaired) electrons. The molecule has 0 aliphatic rings. The number of alkyl carbamates (subject to hydrolysis) is 2. The third kappa shape index (κ3) is 10.6. The lowest BCUT2D eigenvalue weighted by atomic mass is 10.2. The van der Waals surface area contributed by atoms with Crippen molar-refractivity contribution in [1.82, 2.24) is 20.6 Å². The summed E-state index contributed by atoms with van der Waals surface area (Å²) < 4.78 is 22.6. The molecule has 0 saturated carbocycles. The summed E-state index contributed by atoms with van der Waals surface area (Å²) in [6.45, 7) is 11.6. The van der Waals surface area contributed by atoms with Crippen LogP contribution < -0.4 is 20.1 Å². The summed E-state index contributed by atoms with van der Waals surface area (Å²) in [5.41, 5.74) is 1.96. The fourth-order valence-corrected chi connectivity index (χ4v) is 3.83. The molecule has 10 nitrogen and oxygen atoms in total. The molecule has 0 aliphatic heterocycles. The highest BCUT2D eigenvalue weighted by Crippen LogP contribution is 2.28. The Morgan fingerprint density at radius 1 is 0.568 bits per heavy atom. The van der Waals surface area contributed by atoms with Gasteiger partial charge < -0.3 is 29.6 Å². The lowest BCUT2D eigenvalue weighted by Crippen LogP contribution is -2.32. The van der Waals surface area contributed by atoms with E-state index in [0.717, 1.165) is 11.1 Å². The highest BCUT2D eigenvalue weighted by atomic mass is 16.6. The predicted molar refractivity (Wildman–Crippen MR) is 167 cm³/mol. The maximum Gasteiger partial charge on any atom is 0.407 e. The zero-order valence-corrected chi connectivity index (χ0v) is 25.8. The lowest BCUT2D eigenvalue weighted by molar-refractivity contribution is 0.0512. The van der Waals surface area contributed by atoms with Crippen molar-refractivity contribution in [3.8, 4) is 34.4 Å². The molecule has 2 aromatic heterocycles. The van der Waals surface area contributed by atoms with E-state index in [-0.39, 0.29) is 0 Å². The lowest BCUT2D eigenvalue weighted by Gasteiger charge is -2.19. The van der Waals surface area contributed by atoms with Crippen LogP contribution in [0.3, 0.4) is 0 Å². The Hall–Kier alpha value is -5.12. The van der Waals surface area contributed by atoms with Crippen LogP contribution in [0.2, 0.25) is 0 Å². The molecule has 0 atom stereocenters. The molecule has 10 heteroatoms. The first-order chi connectivity index (χ1) is 20.8. The number of hydrogen-bond donors (Lipinski definition) is 2. The highest BCUT2D eigenvalue weighted by molar-refractivity contribution is 5.68. The maximum absolute atomic E-state index is 11.9. The van der Waals surface area contributed by atoms with Gasteiger partial charge >= 0.3 is 12.2 Å². The Balaban J connectivity index is 1.33. The molecule has 2 N–H and O–H groups in total. The summed E-state index contributed by atoms with van der Waals surface area (Å²) in [4.78, 5) is 32.7. The van der Waals surface area contributed by atoms with Gasteiger partial charge in [0, 0.05) is 37.6 Å². The number of carbonyl (C=O) groups excluding carboxylic acids is 2. The van der Waals surface area contributed by atoms with Crippen molar-refractivity contribution in [1.29, 1.82) is 0 Å². The summed E-state index contributed by atoms with van der Waals surface area (Å²) in [5.74, 6) is 2.47. The van der Waals surface area contributed by atoms with Crippen molar-refractivity contribution in [2.45, 2.75) is 65.8 Å². The van der Waals surface area contributed by atoms with Crippen molar-refractivity contribution in [3.63, 3.8) is 0 Å². The van der Waals surface area contributed by atoms with Gasteiger partial charge in [0.2, 0.25) is 0 Å². The smallest absolute Gasteiger partial charge is 0.407 e. The molecular formula is C34H38N4O6. The second-order valence-corrected chi connectivity index (χ2v) is 12.0. The molecular weight excluding hydrogens is 560 g/mol. The second-order valence-electron chi connectivity index (χ2n) is 12.0. The van der Waals surface area contributed by atoms with Gasteiger partial charge in [0.25, 0.3) is 0 Å². The van der Waals surface area contributed by atoms with Crippen molar-refractivity contribution in [3.05, 3.63) is 96.3 Å². The standard InChI is InChI=1S/C34H38N4O6/c1-33(2,3)43-31(39)37-21-23-7-11-25(12-8-23)41-27-15-17-35-29(19-27)30-20-28(16-18-36-30)42-26-13-9-24(10-14-26)22-38-32(40)44-34(4,5)6/h7-20H,21-22H2,1-6H3,(H,37,39)(H,38,40). The number of nitrogens with zero attached hydrogens (tertiary/aromatic N) is 2. The molecule has 230 valence electrons. The Bertz CT molecular complexity index is 1440. The summed E-state index contributed by atoms with van der Waals surface area (Å²) in [7, 11) is 0. The molecule has 2 amide bonds. The molecule has 2 aromatic carbocycles. The van der Waals surface area contributed by atoms with Crippen LogP contribution in [-0.2, 0) is 22.6 Å². The van der Waals surface area contributed by atoms with E-state index in [9.17, 15) is 9.59 Å². The van der Waals surface area contributed by atoms with Gasteiger partial charge in [-0.1, -0.05) is 24.3 Å². The van der Waals surface area contributed by atoms with E-state index in [2.05, 4.69) is 20.6 Å². The van der Waals surface area contributed by atoms with Crippen molar-refractivity contribution < 1.29 is 28.5 Å². The summed E-state index contributed by atoms with van der Waals surface area (Å²) in [6, 6.07) is 22.0. The molecule has 0 aliphatic carbocycles. The third-order valence-corrected chi connectivity index (χ3v) is 5.71. The Labute approximate surface area is 257 Å². The number of amides is 2. The van der Waals surface area contributed by atoms with Gasteiger partial charge in [-0.2, -0.15) is 0 Å². The Kier molecular flexibility index (Phi) is 10.0. The van der Waals surface area contributed by atoms with Crippen LogP contribution in [0.15, 0.2) is 85.2 Å².